The van der Waals surface area contributed by atoms with Crippen LogP contribution in [-0.4, -0.2) is 53.4 Å². The van der Waals surface area contributed by atoms with Crippen LogP contribution in [0.25, 0.3) is 0 Å². The number of benzene rings is 1. The molecule has 7 heteroatoms. The Labute approximate surface area is 159 Å². The van der Waals surface area contributed by atoms with Crippen molar-refractivity contribution in [2.45, 2.75) is 31.8 Å². The molecule has 27 heavy (non-hydrogen) atoms. The van der Waals surface area contributed by atoms with E-state index >= 15 is 0 Å². The van der Waals surface area contributed by atoms with E-state index in [4.69, 9.17) is 4.98 Å². The molecular formula is C20H26FN5O. The maximum atomic E-state index is 13.9. The van der Waals surface area contributed by atoms with Crippen LogP contribution in [0.4, 0.5) is 10.2 Å². The fraction of sp³-hybridized carbons (Fsp3) is 0.450. The van der Waals surface area contributed by atoms with Crippen molar-refractivity contribution in [2.24, 2.45) is 0 Å². The van der Waals surface area contributed by atoms with E-state index < -0.39 is 0 Å². The van der Waals surface area contributed by atoms with E-state index in [0.717, 1.165) is 24.4 Å². The summed E-state index contributed by atoms with van der Waals surface area (Å²) in [5.74, 6) is 0.960. The van der Waals surface area contributed by atoms with E-state index in [1.807, 2.05) is 32.1 Å². The summed E-state index contributed by atoms with van der Waals surface area (Å²) in [6, 6.07) is 8.18. The number of amides is 1. The highest BCUT2D eigenvalue weighted by molar-refractivity contribution is 5.79. The van der Waals surface area contributed by atoms with E-state index in [0.29, 0.717) is 24.5 Å². The third kappa shape index (κ3) is 4.60. The molecular weight excluding hydrogens is 345 g/mol. The highest BCUT2D eigenvalue weighted by Crippen LogP contribution is 2.31. The molecule has 0 aliphatic carbocycles. The summed E-state index contributed by atoms with van der Waals surface area (Å²) in [6.45, 7) is 1.34. The van der Waals surface area contributed by atoms with Crippen LogP contribution in [0.3, 0.4) is 0 Å². The quantitative estimate of drug-likeness (QED) is 0.846. The number of hydrogen-bond donors (Lipinski definition) is 1. The van der Waals surface area contributed by atoms with Crippen LogP contribution in [0.2, 0.25) is 0 Å². The topological polar surface area (TPSA) is 61.4 Å². The van der Waals surface area contributed by atoms with Crippen LogP contribution in [-0.2, 0) is 17.8 Å². The van der Waals surface area contributed by atoms with E-state index in [1.54, 1.807) is 23.1 Å². The van der Waals surface area contributed by atoms with Gasteiger partial charge in [-0.2, -0.15) is 0 Å². The largest absolute Gasteiger partial charge is 0.373 e. The molecule has 0 unspecified atom stereocenters. The maximum Gasteiger partial charge on any atom is 0.227 e. The fourth-order valence-electron chi connectivity index (χ4n) is 3.44. The SMILES string of the molecule is CNc1cc(CN(C)C)nc([C@H]2CCCN2C(=O)Cc2ccccc2F)n1. The van der Waals surface area contributed by atoms with Crippen LogP contribution in [0.5, 0.6) is 0 Å². The third-order valence-corrected chi connectivity index (χ3v) is 4.70. The van der Waals surface area contributed by atoms with E-state index in [9.17, 15) is 9.18 Å². The van der Waals surface area contributed by atoms with E-state index in [2.05, 4.69) is 10.3 Å². The fourth-order valence-corrected chi connectivity index (χ4v) is 3.44. The van der Waals surface area contributed by atoms with Crippen molar-refractivity contribution in [3.8, 4) is 0 Å². The molecule has 2 aromatic rings. The summed E-state index contributed by atoms with van der Waals surface area (Å²) in [6.07, 6.45) is 1.76. The molecule has 1 amide bonds. The number of anilines is 1. The van der Waals surface area contributed by atoms with Crippen molar-refractivity contribution >= 4 is 11.7 Å². The number of nitrogens with zero attached hydrogens (tertiary/aromatic N) is 4. The summed E-state index contributed by atoms with van der Waals surface area (Å²) < 4.78 is 13.9. The lowest BCUT2D eigenvalue weighted by atomic mass is 10.1. The van der Waals surface area contributed by atoms with E-state index in [-0.39, 0.29) is 24.2 Å². The molecule has 1 atom stereocenters. The second kappa shape index (κ2) is 8.43. The monoisotopic (exact) mass is 371 g/mol. The maximum absolute atomic E-state index is 13.9. The molecule has 0 bridgehead atoms. The van der Waals surface area contributed by atoms with Gasteiger partial charge in [-0.3, -0.25) is 4.79 Å². The van der Waals surface area contributed by atoms with Gasteiger partial charge in [-0.15, -0.1) is 0 Å². The van der Waals surface area contributed by atoms with Gasteiger partial charge < -0.3 is 15.1 Å². The van der Waals surface area contributed by atoms with Gasteiger partial charge in [0.2, 0.25) is 5.91 Å². The Morgan fingerprint density at radius 1 is 1.33 bits per heavy atom. The third-order valence-electron chi connectivity index (χ3n) is 4.70. The molecule has 1 aliphatic rings. The summed E-state index contributed by atoms with van der Waals surface area (Å²) in [5.41, 5.74) is 1.33. The van der Waals surface area contributed by atoms with Gasteiger partial charge in [-0.25, -0.2) is 14.4 Å². The molecule has 1 aromatic carbocycles. The Morgan fingerprint density at radius 2 is 2.11 bits per heavy atom. The lowest BCUT2D eigenvalue weighted by Crippen LogP contribution is -2.33. The number of carbonyl (C=O) groups excluding carboxylic acids is 1. The molecule has 6 nitrogen and oxygen atoms in total. The van der Waals surface area contributed by atoms with Crippen molar-refractivity contribution < 1.29 is 9.18 Å². The minimum Gasteiger partial charge on any atom is -0.373 e. The summed E-state index contributed by atoms with van der Waals surface area (Å²) >= 11 is 0. The van der Waals surface area contributed by atoms with Crippen molar-refractivity contribution in [3.63, 3.8) is 0 Å². The molecule has 1 fully saturated rings. The first-order valence-electron chi connectivity index (χ1n) is 9.21. The minimum absolute atomic E-state index is 0.0550. The molecule has 0 saturated carbocycles. The van der Waals surface area contributed by atoms with Gasteiger partial charge in [0.05, 0.1) is 18.2 Å². The first kappa shape index (κ1) is 19.2. The molecule has 1 N–H and O–H groups in total. The Hall–Kier alpha value is -2.54. The van der Waals surface area contributed by atoms with Crippen LogP contribution in [0, 0.1) is 5.82 Å². The number of halogens is 1. The van der Waals surface area contributed by atoms with Gasteiger partial charge >= 0.3 is 0 Å². The molecule has 144 valence electrons. The van der Waals surface area contributed by atoms with Gasteiger partial charge in [0.25, 0.3) is 0 Å². The zero-order chi connectivity index (χ0) is 19.4. The highest BCUT2D eigenvalue weighted by atomic mass is 19.1. The van der Waals surface area contributed by atoms with Gasteiger partial charge in [0.1, 0.15) is 11.6 Å². The molecule has 3 rings (SSSR count). The number of aromatic nitrogens is 2. The number of rotatable bonds is 6. The van der Waals surface area contributed by atoms with Gasteiger partial charge in [0.15, 0.2) is 5.82 Å². The zero-order valence-corrected chi connectivity index (χ0v) is 16.1. The molecule has 1 aliphatic heterocycles. The standard InChI is InChI=1S/C20H26FN5O/c1-22-18-12-15(13-25(2)3)23-20(24-18)17-9-6-10-26(17)19(27)11-14-7-4-5-8-16(14)21/h4-5,7-8,12,17H,6,9-11,13H2,1-3H3,(H,22,23,24)/t17-/m1/s1. The van der Waals surface area contributed by atoms with Crippen LogP contribution < -0.4 is 5.32 Å². The lowest BCUT2D eigenvalue weighted by molar-refractivity contribution is -0.131. The Kier molecular flexibility index (Phi) is 6.01. The second-order valence-corrected chi connectivity index (χ2v) is 7.10. The summed E-state index contributed by atoms with van der Waals surface area (Å²) in [7, 11) is 5.79. The summed E-state index contributed by atoms with van der Waals surface area (Å²) in [5, 5.41) is 3.07. The van der Waals surface area contributed by atoms with Crippen molar-refractivity contribution in [1.29, 1.82) is 0 Å². The first-order valence-corrected chi connectivity index (χ1v) is 9.21. The Morgan fingerprint density at radius 3 is 2.81 bits per heavy atom. The van der Waals surface area contributed by atoms with Crippen LogP contribution in [0.15, 0.2) is 30.3 Å². The van der Waals surface area contributed by atoms with Crippen LogP contribution in [0.1, 0.15) is 36.0 Å². The molecule has 0 spiro atoms. The number of hydrogen-bond acceptors (Lipinski definition) is 5. The lowest BCUT2D eigenvalue weighted by Gasteiger charge is -2.25. The predicted octanol–water partition coefficient (Wildman–Crippen LogP) is 2.63. The zero-order valence-electron chi connectivity index (χ0n) is 16.1. The van der Waals surface area contributed by atoms with Gasteiger partial charge in [0, 0.05) is 26.2 Å². The van der Waals surface area contributed by atoms with Gasteiger partial charge in [-0.1, -0.05) is 18.2 Å². The van der Waals surface area contributed by atoms with Crippen molar-refractivity contribution in [3.05, 3.63) is 53.2 Å². The number of nitrogens with one attached hydrogen (secondary N) is 1. The summed E-state index contributed by atoms with van der Waals surface area (Å²) in [4.78, 5) is 26.0. The smallest absolute Gasteiger partial charge is 0.227 e. The Balaban J connectivity index is 1.83. The second-order valence-electron chi connectivity index (χ2n) is 7.10. The van der Waals surface area contributed by atoms with Crippen molar-refractivity contribution in [1.82, 2.24) is 19.8 Å². The molecule has 0 radical (unpaired) electrons. The van der Waals surface area contributed by atoms with Crippen LogP contribution >= 0.6 is 0 Å². The van der Waals surface area contributed by atoms with E-state index in [1.165, 1.54) is 6.07 Å². The normalized spacial score (nSPS) is 16.8. The van der Waals surface area contributed by atoms with Crippen molar-refractivity contribution in [2.75, 3.05) is 33.0 Å². The average Bonchev–Trinajstić information content (AvgIpc) is 3.12. The molecule has 1 saturated heterocycles. The number of likely N-dealkylation sites (tertiary alicyclic amines) is 1. The Bertz CT molecular complexity index is 811. The molecule has 1 aromatic heterocycles. The van der Waals surface area contributed by atoms with Gasteiger partial charge in [-0.05, 0) is 38.6 Å². The predicted molar refractivity (Wildman–Crippen MR) is 103 cm³/mol. The highest BCUT2D eigenvalue weighted by Gasteiger charge is 2.32. The number of carbonyl (C=O) groups is 1. The average molecular weight is 371 g/mol. The minimum atomic E-state index is -0.344. The molecule has 2 heterocycles. The first-order chi connectivity index (χ1) is 13.0.